The Morgan fingerprint density at radius 2 is 1.75 bits per heavy atom. The minimum absolute atomic E-state index is 0.0850. The molecule has 0 aliphatic rings. The summed E-state index contributed by atoms with van der Waals surface area (Å²) in [6.45, 7) is 3.81. The van der Waals surface area contributed by atoms with Gasteiger partial charge < -0.3 is 10.2 Å². The molecule has 1 heterocycles. The molecule has 0 aliphatic carbocycles. The Kier molecular flexibility index (Phi) is 8.20. The summed E-state index contributed by atoms with van der Waals surface area (Å²) < 4.78 is 1.46. The zero-order valence-corrected chi connectivity index (χ0v) is 19.5. The first kappa shape index (κ1) is 23.7. The van der Waals surface area contributed by atoms with E-state index in [1.165, 1.54) is 4.68 Å². The summed E-state index contributed by atoms with van der Waals surface area (Å²) in [7, 11) is 4.08. The van der Waals surface area contributed by atoms with E-state index < -0.39 is 0 Å². The maximum Gasteiger partial charge on any atom is 0.270 e. The number of unbranched alkanes of at least 4 members (excludes halogenated alkanes) is 1. The number of carbonyl (C=O) groups excluding carboxylic acids is 1. The molecule has 0 fully saturated rings. The Morgan fingerprint density at radius 3 is 2.41 bits per heavy atom. The van der Waals surface area contributed by atoms with Crippen LogP contribution in [0.25, 0.3) is 11.3 Å². The summed E-state index contributed by atoms with van der Waals surface area (Å²) in [5.74, 6) is -0.0850. The molecule has 0 spiro atoms. The normalized spacial score (nSPS) is 11.0. The summed E-state index contributed by atoms with van der Waals surface area (Å²) in [5, 5.41) is 8.16. The average molecular weight is 453 g/mol. The van der Waals surface area contributed by atoms with Crippen molar-refractivity contribution in [2.75, 3.05) is 27.2 Å². The minimum Gasteiger partial charge on any atom is -0.352 e. The third-order valence-electron chi connectivity index (χ3n) is 5.16. The lowest BCUT2D eigenvalue weighted by Crippen LogP contribution is -2.26. The molecule has 168 valence electrons. The predicted molar refractivity (Wildman–Crippen MR) is 129 cm³/mol. The van der Waals surface area contributed by atoms with Crippen molar-refractivity contribution in [1.82, 2.24) is 20.0 Å². The highest BCUT2D eigenvalue weighted by molar-refractivity contribution is 6.30. The SMILES string of the molecule is Cc1cc(-c2ccc(C(=O)NCCCCN(C)C)cc2)nn(Cc2ccc(Cl)cc2)c1=O. The van der Waals surface area contributed by atoms with Gasteiger partial charge in [-0.25, -0.2) is 4.68 Å². The fraction of sp³-hybridized carbons (Fsp3) is 0.320. The number of carbonyl (C=O) groups is 1. The highest BCUT2D eigenvalue weighted by atomic mass is 35.5. The van der Waals surface area contributed by atoms with E-state index in [1.807, 2.05) is 38.4 Å². The zero-order valence-electron chi connectivity index (χ0n) is 18.8. The van der Waals surface area contributed by atoms with Crippen molar-refractivity contribution in [1.29, 1.82) is 0 Å². The topological polar surface area (TPSA) is 67.2 Å². The van der Waals surface area contributed by atoms with E-state index in [2.05, 4.69) is 15.3 Å². The Hall–Kier alpha value is -2.96. The van der Waals surface area contributed by atoms with Crippen LogP contribution in [0.4, 0.5) is 0 Å². The summed E-state index contributed by atoms with van der Waals surface area (Å²) in [4.78, 5) is 27.1. The van der Waals surface area contributed by atoms with E-state index in [4.69, 9.17) is 11.6 Å². The Labute approximate surface area is 193 Å². The van der Waals surface area contributed by atoms with Crippen molar-refractivity contribution in [3.8, 4) is 11.3 Å². The van der Waals surface area contributed by atoms with Crippen molar-refractivity contribution >= 4 is 17.5 Å². The van der Waals surface area contributed by atoms with E-state index in [0.29, 0.717) is 34.9 Å². The second-order valence-electron chi connectivity index (χ2n) is 8.15. The van der Waals surface area contributed by atoms with Crippen molar-refractivity contribution in [2.24, 2.45) is 0 Å². The zero-order chi connectivity index (χ0) is 23.1. The minimum atomic E-state index is -0.131. The van der Waals surface area contributed by atoms with Gasteiger partial charge in [-0.15, -0.1) is 0 Å². The molecule has 0 bridgehead atoms. The molecule has 32 heavy (non-hydrogen) atoms. The molecule has 6 nitrogen and oxygen atoms in total. The van der Waals surface area contributed by atoms with Gasteiger partial charge in [0.15, 0.2) is 0 Å². The highest BCUT2D eigenvalue weighted by Crippen LogP contribution is 2.18. The quantitative estimate of drug-likeness (QED) is 0.498. The molecule has 2 aromatic carbocycles. The molecule has 7 heteroatoms. The summed E-state index contributed by atoms with van der Waals surface area (Å²) >= 11 is 5.95. The van der Waals surface area contributed by atoms with Gasteiger partial charge in [0.1, 0.15) is 0 Å². The van der Waals surface area contributed by atoms with E-state index in [1.54, 1.807) is 37.3 Å². The van der Waals surface area contributed by atoms with Crippen molar-refractivity contribution in [3.05, 3.63) is 86.7 Å². The smallest absolute Gasteiger partial charge is 0.270 e. The van der Waals surface area contributed by atoms with Crippen LogP contribution < -0.4 is 10.9 Å². The monoisotopic (exact) mass is 452 g/mol. The number of rotatable bonds is 9. The van der Waals surface area contributed by atoms with Crippen molar-refractivity contribution < 1.29 is 4.79 Å². The Bertz CT molecular complexity index is 1110. The number of hydrogen-bond donors (Lipinski definition) is 1. The molecule has 0 atom stereocenters. The second-order valence-corrected chi connectivity index (χ2v) is 8.58. The van der Waals surface area contributed by atoms with Crippen molar-refractivity contribution in [3.63, 3.8) is 0 Å². The number of aromatic nitrogens is 2. The molecule has 0 saturated heterocycles. The molecular weight excluding hydrogens is 424 g/mol. The number of amides is 1. The number of nitrogens with zero attached hydrogens (tertiary/aromatic N) is 3. The molecule has 1 N–H and O–H groups in total. The fourth-order valence-corrected chi connectivity index (χ4v) is 3.46. The maximum absolute atomic E-state index is 12.6. The van der Waals surface area contributed by atoms with Gasteiger partial charge in [-0.2, -0.15) is 5.10 Å². The van der Waals surface area contributed by atoms with Gasteiger partial charge in [-0.05, 0) is 76.3 Å². The molecule has 0 radical (unpaired) electrons. The second kappa shape index (κ2) is 11.1. The van der Waals surface area contributed by atoms with Gasteiger partial charge in [0, 0.05) is 28.3 Å². The number of benzene rings is 2. The fourth-order valence-electron chi connectivity index (χ4n) is 3.34. The van der Waals surface area contributed by atoms with Crippen LogP contribution in [-0.4, -0.2) is 47.8 Å². The molecule has 0 saturated carbocycles. The molecule has 1 aromatic heterocycles. The van der Waals surface area contributed by atoms with Crippen LogP contribution in [0.5, 0.6) is 0 Å². The van der Waals surface area contributed by atoms with E-state index in [-0.39, 0.29) is 11.5 Å². The lowest BCUT2D eigenvalue weighted by atomic mass is 10.1. The lowest BCUT2D eigenvalue weighted by Gasteiger charge is -2.11. The van der Waals surface area contributed by atoms with Crippen LogP contribution in [0.15, 0.2) is 59.4 Å². The van der Waals surface area contributed by atoms with Crippen molar-refractivity contribution in [2.45, 2.75) is 26.3 Å². The Balaban J connectivity index is 1.70. The largest absolute Gasteiger partial charge is 0.352 e. The summed E-state index contributed by atoms with van der Waals surface area (Å²) in [5.41, 5.74) is 3.57. The number of nitrogens with one attached hydrogen (secondary N) is 1. The lowest BCUT2D eigenvalue weighted by molar-refractivity contribution is 0.0953. The molecule has 0 aliphatic heterocycles. The highest BCUT2D eigenvalue weighted by Gasteiger charge is 2.10. The van der Waals surface area contributed by atoms with Crippen LogP contribution in [0.2, 0.25) is 5.02 Å². The van der Waals surface area contributed by atoms with Gasteiger partial charge in [0.05, 0.1) is 12.2 Å². The molecule has 3 rings (SSSR count). The van der Waals surface area contributed by atoms with E-state index in [9.17, 15) is 9.59 Å². The van der Waals surface area contributed by atoms with Gasteiger partial charge >= 0.3 is 0 Å². The molecule has 0 unspecified atom stereocenters. The average Bonchev–Trinajstić information content (AvgIpc) is 2.77. The third-order valence-corrected chi connectivity index (χ3v) is 5.41. The van der Waals surface area contributed by atoms with Crippen LogP contribution in [-0.2, 0) is 6.54 Å². The number of hydrogen-bond acceptors (Lipinski definition) is 4. The maximum atomic E-state index is 12.6. The predicted octanol–water partition coefficient (Wildman–Crippen LogP) is 3.99. The van der Waals surface area contributed by atoms with Crippen LogP contribution >= 0.6 is 11.6 Å². The summed E-state index contributed by atoms with van der Waals surface area (Å²) in [6.07, 6.45) is 1.99. The third kappa shape index (κ3) is 6.52. The molecular formula is C25H29ClN4O2. The molecule has 1 amide bonds. The van der Waals surface area contributed by atoms with E-state index in [0.717, 1.165) is 30.5 Å². The first-order chi connectivity index (χ1) is 15.3. The van der Waals surface area contributed by atoms with Crippen LogP contribution in [0, 0.1) is 6.92 Å². The van der Waals surface area contributed by atoms with Crippen LogP contribution in [0.3, 0.4) is 0 Å². The standard InChI is InChI=1S/C25H29ClN4O2/c1-18-16-23(28-30(25(18)32)17-19-6-12-22(26)13-7-19)20-8-10-21(11-9-20)24(31)27-14-4-5-15-29(2)3/h6-13,16H,4-5,14-15,17H2,1-3H3,(H,27,31). The first-order valence-electron chi connectivity index (χ1n) is 10.7. The number of aryl methyl sites for hydroxylation is 1. The van der Waals surface area contributed by atoms with Crippen LogP contribution in [0.1, 0.15) is 34.3 Å². The van der Waals surface area contributed by atoms with Gasteiger partial charge in [0.25, 0.3) is 11.5 Å². The van der Waals surface area contributed by atoms with Gasteiger partial charge in [-0.3, -0.25) is 9.59 Å². The van der Waals surface area contributed by atoms with E-state index >= 15 is 0 Å². The molecule has 3 aromatic rings. The van der Waals surface area contributed by atoms with Gasteiger partial charge in [-0.1, -0.05) is 35.9 Å². The number of halogens is 1. The summed E-state index contributed by atoms with van der Waals surface area (Å²) in [6, 6.07) is 16.4. The van der Waals surface area contributed by atoms with Gasteiger partial charge in [0.2, 0.25) is 0 Å². The first-order valence-corrected chi connectivity index (χ1v) is 11.1. The Morgan fingerprint density at radius 1 is 1.06 bits per heavy atom.